The molecule has 0 aliphatic rings. The molecule has 1 aromatic heterocycles. The lowest BCUT2D eigenvalue weighted by molar-refractivity contribution is 0.469. The van der Waals surface area contributed by atoms with Crippen LogP contribution in [-0.2, 0) is 10.0 Å². The summed E-state index contributed by atoms with van der Waals surface area (Å²) in [4.78, 5) is 1.10. The van der Waals surface area contributed by atoms with Crippen molar-refractivity contribution in [1.82, 2.24) is 4.72 Å². The summed E-state index contributed by atoms with van der Waals surface area (Å²) in [5.74, 6) is 0.128. The van der Waals surface area contributed by atoms with Crippen molar-refractivity contribution >= 4 is 38.6 Å². The predicted molar refractivity (Wildman–Crippen MR) is 88.1 cm³/mol. The number of nitrogens with two attached hydrogens (primary N) is 1. The Morgan fingerprint density at radius 3 is 2.52 bits per heavy atom. The first-order valence-corrected chi connectivity index (χ1v) is 9.16. The SMILES string of the molecule is CC(C)C(NS(=O)(=O)c1ccc(Cl)c(N)c1)c1cccs1. The van der Waals surface area contributed by atoms with Crippen LogP contribution >= 0.6 is 22.9 Å². The maximum absolute atomic E-state index is 12.5. The van der Waals surface area contributed by atoms with Crippen LogP contribution in [0.15, 0.2) is 40.6 Å². The van der Waals surface area contributed by atoms with Crippen molar-refractivity contribution in [1.29, 1.82) is 0 Å². The second kappa shape index (κ2) is 6.36. The average Bonchev–Trinajstić information content (AvgIpc) is 2.92. The first kappa shape index (κ1) is 16.3. The molecule has 4 nitrogen and oxygen atoms in total. The van der Waals surface area contributed by atoms with E-state index in [1.54, 1.807) is 0 Å². The Bertz CT molecular complexity index is 713. The van der Waals surface area contributed by atoms with Gasteiger partial charge in [0.15, 0.2) is 0 Å². The minimum atomic E-state index is -3.65. The third-order valence-electron chi connectivity index (χ3n) is 3.08. The average molecular weight is 345 g/mol. The second-order valence-corrected chi connectivity index (χ2v) is 8.14. The second-order valence-electron chi connectivity index (χ2n) is 5.04. The molecule has 0 saturated heterocycles. The fourth-order valence-corrected chi connectivity index (χ4v) is 4.46. The Labute approximate surface area is 134 Å². The van der Waals surface area contributed by atoms with Crippen LogP contribution in [0.4, 0.5) is 5.69 Å². The standard InChI is InChI=1S/C14H17ClN2O2S2/c1-9(2)14(13-4-3-7-20-13)17-21(18,19)10-5-6-11(15)12(16)8-10/h3-9,14,17H,16H2,1-2H3. The van der Waals surface area contributed by atoms with Crippen LogP contribution in [0.2, 0.25) is 5.02 Å². The Hall–Kier alpha value is -1.08. The molecule has 0 aliphatic heterocycles. The topological polar surface area (TPSA) is 72.2 Å². The van der Waals surface area contributed by atoms with E-state index in [0.717, 1.165) is 4.88 Å². The van der Waals surface area contributed by atoms with E-state index in [1.807, 2.05) is 31.4 Å². The number of nitrogen functional groups attached to an aromatic ring is 1. The molecule has 1 unspecified atom stereocenters. The third kappa shape index (κ3) is 3.77. The Kier molecular flexibility index (Phi) is 4.93. The largest absolute Gasteiger partial charge is 0.397 e. The lowest BCUT2D eigenvalue weighted by atomic mass is 10.0. The van der Waals surface area contributed by atoms with Gasteiger partial charge in [-0.25, -0.2) is 13.1 Å². The normalized spacial score (nSPS) is 13.5. The zero-order valence-electron chi connectivity index (χ0n) is 11.7. The van der Waals surface area contributed by atoms with Gasteiger partial charge in [0, 0.05) is 4.88 Å². The number of hydrogen-bond acceptors (Lipinski definition) is 4. The number of sulfonamides is 1. The van der Waals surface area contributed by atoms with E-state index in [2.05, 4.69) is 4.72 Å². The number of benzene rings is 1. The van der Waals surface area contributed by atoms with Crippen LogP contribution in [0.3, 0.4) is 0 Å². The van der Waals surface area contributed by atoms with Crippen LogP contribution in [0.5, 0.6) is 0 Å². The molecule has 21 heavy (non-hydrogen) atoms. The molecule has 0 spiro atoms. The van der Waals surface area contributed by atoms with Crippen molar-refractivity contribution in [2.45, 2.75) is 24.8 Å². The molecule has 7 heteroatoms. The van der Waals surface area contributed by atoms with Gasteiger partial charge in [0.2, 0.25) is 10.0 Å². The van der Waals surface area contributed by atoms with E-state index < -0.39 is 10.0 Å². The highest BCUT2D eigenvalue weighted by Gasteiger charge is 2.25. The van der Waals surface area contributed by atoms with Gasteiger partial charge in [0.1, 0.15) is 0 Å². The van der Waals surface area contributed by atoms with Crippen molar-refractivity contribution in [3.63, 3.8) is 0 Å². The van der Waals surface area contributed by atoms with Crippen LogP contribution in [-0.4, -0.2) is 8.42 Å². The third-order valence-corrected chi connectivity index (χ3v) is 5.81. The number of anilines is 1. The minimum absolute atomic E-state index is 0.117. The quantitative estimate of drug-likeness (QED) is 0.813. The van der Waals surface area contributed by atoms with E-state index in [4.69, 9.17) is 17.3 Å². The number of nitrogens with one attached hydrogen (secondary N) is 1. The first-order valence-electron chi connectivity index (χ1n) is 6.42. The smallest absolute Gasteiger partial charge is 0.241 e. The van der Waals surface area contributed by atoms with Crippen LogP contribution in [0.25, 0.3) is 0 Å². The Balaban J connectivity index is 2.32. The molecule has 2 aromatic rings. The van der Waals surface area contributed by atoms with E-state index >= 15 is 0 Å². The number of hydrogen-bond donors (Lipinski definition) is 2. The molecule has 2 rings (SSSR count). The van der Waals surface area contributed by atoms with Gasteiger partial charge in [-0.3, -0.25) is 0 Å². The van der Waals surface area contributed by atoms with Crippen molar-refractivity contribution in [3.05, 3.63) is 45.6 Å². The zero-order chi connectivity index (χ0) is 15.6. The highest BCUT2D eigenvalue weighted by Crippen LogP contribution is 2.29. The van der Waals surface area contributed by atoms with Gasteiger partial charge < -0.3 is 5.73 Å². The summed E-state index contributed by atoms with van der Waals surface area (Å²) in [5, 5.41) is 2.27. The number of halogens is 1. The monoisotopic (exact) mass is 344 g/mol. The van der Waals surface area contributed by atoms with Gasteiger partial charge in [-0.15, -0.1) is 11.3 Å². The lowest BCUT2D eigenvalue weighted by Crippen LogP contribution is -2.31. The lowest BCUT2D eigenvalue weighted by Gasteiger charge is -2.21. The van der Waals surface area contributed by atoms with Gasteiger partial charge >= 0.3 is 0 Å². The molecule has 1 heterocycles. The molecular formula is C14H17ClN2O2S2. The summed E-state index contributed by atoms with van der Waals surface area (Å²) in [7, 11) is -3.65. The Morgan fingerprint density at radius 1 is 1.29 bits per heavy atom. The van der Waals surface area contributed by atoms with E-state index in [1.165, 1.54) is 29.5 Å². The maximum Gasteiger partial charge on any atom is 0.241 e. The number of rotatable bonds is 5. The molecule has 0 radical (unpaired) electrons. The molecule has 1 atom stereocenters. The highest BCUT2D eigenvalue weighted by molar-refractivity contribution is 7.89. The van der Waals surface area contributed by atoms with Gasteiger partial charge in [-0.1, -0.05) is 31.5 Å². The van der Waals surface area contributed by atoms with E-state index in [9.17, 15) is 8.42 Å². The van der Waals surface area contributed by atoms with Crippen LogP contribution in [0.1, 0.15) is 24.8 Å². The van der Waals surface area contributed by atoms with Gasteiger partial charge in [0.25, 0.3) is 0 Å². The Morgan fingerprint density at radius 2 is 2.00 bits per heavy atom. The maximum atomic E-state index is 12.5. The van der Waals surface area contributed by atoms with Gasteiger partial charge in [-0.05, 0) is 35.6 Å². The molecule has 0 fully saturated rings. The van der Waals surface area contributed by atoms with E-state index in [-0.39, 0.29) is 22.5 Å². The molecule has 3 N–H and O–H groups in total. The van der Waals surface area contributed by atoms with Crippen LogP contribution < -0.4 is 10.5 Å². The summed E-state index contributed by atoms with van der Waals surface area (Å²) >= 11 is 7.36. The summed E-state index contributed by atoms with van der Waals surface area (Å²) in [6.07, 6.45) is 0. The summed E-state index contributed by atoms with van der Waals surface area (Å²) in [6.45, 7) is 3.95. The van der Waals surface area contributed by atoms with Crippen molar-refractivity contribution in [2.24, 2.45) is 5.92 Å². The van der Waals surface area contributed by atoms with Crippen LogP contribution in [0, 0.1) is 5.92 Å². The fraction of sp³-hybridized carbons (Fsp3) is 0.286. The predicted octanol–water partition coefficient (Wildman–Crippen LogP) is 3.66. The zero-order valence-corrected chi connectivity index (χ0v) is 14.1. The molecular weight excluding hydrogens is 328 g/mol. The molecule has 1 aromatic carbocycles. The van der Waals surface area contributed by atoms with Gasteiger partial charge in [-0.2, -0.15) is 0 Å². The van der Waals surface area contributed by atoms with Crippen molar-refractivity contribution < 1.29 is 8.42 Å². The summed E-state index contributed by atoms with van der Waals surface area (Å²) < 4.78 is 27.7. The molecule has 0 aliphatic carbocycles. The van der Waals surface area contributed by atoms with Gasteiger partial charge in [0.05, 0.1) is 21.6 Å². The highest BCUT2D eigenvalue weighted by atomic mass is 35.5. The molecule has 0 bridgehead atoms. The summed E-state index contributed by atoms with van der Waals surface area (Å²) in [5.41, 5.74) is 5.93. The van der Waals surface area contributed by atoms with E-state index in [0.29, 0.717) is 5.02 Å². The minimum Gasteiger partial charge on any atom is -0.397 e. The molecule has 0 amide bonds. The fourth-order valence-electron chi connectivity index (χ4n) is 1.92. The molecule has 114 valence electrons. The molecule has 0 saturated carbocycles. The number of thiophene rings is 1. The van der Waals surface area contributed by atoms with Crippen molar-refractivity contribution in [3.8, 4) is 0 Å². The summed E-state index contributed by atoms with van der Waals surface area (Å²) in [6, 6.07) is 7.87. The van der Waals surface area contributed by atoms with Crippen molar-refractivity contribution in [2.75, 3.05) is 5.73 Å². The first-order chi connectivity index (χ1) is 9.81.